The molecule has 35 heavy (non-hydrogen) atoms. The molecule has 0 aliphatic heterocycles. The first-order valence-corrected chi connectivity index (χ1v) is 15.9. The molecule has 4 aromatic carbocycles. The Hall–Kier alpha value is -2.37. The molecular weight excluding hydrogens is 515 g/mol. The minimum atomic E-state index is -0.556. The Morgan fingerprint density at radius 3 is 1.49 bits per heavy atom. The molecule has 0 aromatic heterocycles. The fraction of sp³-hybridized carbons (Fsp3) is 0.214. The maximum absolute atomic E-state index is 10.7. The standard InChI is InChI=1S/C28H26N2O2.2ClH.Ti/c31-27-21(15-13-19-7-1-3-9-23(19)27)17-29-25-11-5-6-12-26(25)30-18-22-16-14-20-8-2-4-10-24(20)28(22)32;;;/h1-4,7-10,13-18,25-26,31-32H,5-6,11-12H2;2*1H;/q;;;+2/p-2/t25-,26-;;;/m1.../s1. The summed E-state index contributed by atoms with van der Waals surface area (Å²) in [5, 5.41) is 25.0. The Labute approximate surface area is 222 Å². The van der Waals surface area contributed by atoms with E-state index >= 15 is 0 Å². The SMILES string of the molecule is Oc1c(C=N[C@@H]2CCCC[C@H]2N=Cc2ccc3ccccc3c2O)ccc2ccccc12.[Cl][Ti][Cl]. The Morgan fingerprint density at radius 1 is 0.657 bits per heavy atom. The Bertz CT molecular complexity index is 1260. The van der Waals surface area contributed by atoms with Crippen molar-refractivity contribution in [2.45, 2.75) is 37.8 Å². The molecule has 0 amide bonds. The second kappa shape index (κ2) is 12.6. The van der Waals surface area contributed by atoms with Crippen LogP contribution in [-0.2, 0) is 17.0 Å². The summed E-state index contributed by atoms with van der Waals surface area (Å²) in [6.45, 7) is 0. The first kappa shape index (κ1) is 25.7. The fourth-order valence-electron chi connectivity index (χ4n) is 4.54. The van der Waals surface area contributed by atoms with Gasteiger partial charge in [0.15, 0.2) is 0 Å². The number of nitrogens with zero attached hydrogens (tertiary/aromatic N) is 2. The van der Waals surface area contributed by atoms with Crippen LogP contribution in [-0.4, -0.2) is 34.7 Å². The molecule has 0 unspecified atom stereocenters. The molecule has 4 aromatic rings. The van der Waals surface area contributed by atoms with Gasteiger partial charge in [-0.3, -0.25) is 9.98 Å². The molecule has 1 aliphatic rings. The molecule has 4 nitrogen and oxygen atoms in total. The number of hydrogen-bond acceptors (Lipinski definition) is 4. The van der Waals surface area contributed by atoms with E-state index in [1.54, 1.807) is 12.4 Å². The fourth-order valence-corrected chi connectivity index (χ4v) is 4.54. The summed E-state index contributed by atoms with van der Waals surface area (Å²) in [5.41, 5.74) is 1.45. The van der Waals surface area contributed by atoms with Crippen LogP contribution in [0.2, 0.25) is 0 Å². The van der Waals surface area contributed by atoms with Crippen LogP contribution >= 0.6 is 18.6 Å². The van der Waals surface area contributed by atoms with E-state index in [-0.39, 0.29) is 23.6 Å². The Kier molecular flexibility index (Phi) is 9.22. The van der Waals surface area contributed by atoms with Gasteiger partial charge in [-0.1, -0.05) is 73.5 Å². The number of hydrogen-bond donors (Lipinski definition) is 2. The van der Waals surface area contributed by atoms with Crippen molar-refractivity contribution in [3.8, 4) is 11.5 Å². The first-order chi connectivity index (χ1) is 17.1. The summed E-state index contributed by atoms with van der Waals surface area (Å²) in [6.07, 6.45) is 7.76. The number of aliphatic imine (C=N–C) groups is 2. The van der Waals surface area contributed by atoms with E-state index in [9.17, 15) is 10.2 Å². The van der Waals surface area contributed by atoms with E-state index in [4.69, 9.17) is 28.6 Å². The summed E-state index contributed by atoms with van der Waals surface area (Å²) in [4.78, 5) is 9.65. The molecular formula is C28H26Cl2N2O2Ti. The van der Waals surface area contributed by atoms with Crippen LogP contribution < -0.4 is 0 Å². The third-order valence-corrected chi connectivity index (χ3v) is 6.37. The quantitative estimate of drug-likeness (QED) is 0.206. The molecule has 1 saturated carbocycles. The van der Waals surface area contributed by atoms with E-state index in [0.29, 0.717) is 0 Å². The zero-order chi connectivity index (χ0) is 24.6. The van der Waals surface area contributed by atoms with Crippen LogP contribution in [0.5, 0.6) is 11.5 Å². The molecule has 0 saturated heterocycles. The van der Waals surface area contributed by atoms with E-state index < -0.39 is 17.0 Å². The summed E-state index contributed by atoms with van der Waals surface area (Å²) < 4.78 is 0. The van der Waals surface area contributed by atoms with Gasteiger partial charge in [0.1, 0.15) is 11.5 Å². The maximum atomic E-state index is 10.7. The van der Waals surface area contributed by atoms with Gasteiger partial charge in [0.2, 0.25) is 0 Å². The molecule has 2 atom stereocenters. The number of halogens is 2. The van der Waals surface area contributed by atoms with Crippen LogP contribution in [0.1, 0.15) is 36.8 Å². The van der Waals surface area contributed by atoms with Gasteiger partial charge in [-0.05, 0) is 35.7 Å². The van der Waals surface area contributed by atoms with Crippen molar-refractivity contribution in [2.75, 3.05) is 0 Å². The normalized spacial score (nSPS) is 18.1. The van der Waals surface area contributed by atoms with Gasteiger partial charge in [0.05, 0.1) is 12.1 Å². The summed E-state index contributed by atoms with van der Waals surface area (Å²) in [6, 6.07) is 23.6. The topological polar surface area (TPSA) is 65.2 Å². The molecule has 5 rings (SSSR count). The van der Waals surface area contributed by atoms with Crippen LogP contribution in [0.3, 0.4) is 0 Å². The number of phenolic OH excluding ortho intramolecular Hbond substituents is 2. The van der Waals surface area contributed by atoms with Crippen molar-refractivity contribution in [1.29, 1.82) is 0 Å². The Balaban J connectivity index is 0.000000917. The molecule has 0 bridgehead atoms. The molecule has 2 N–H and O–H groups in total. The molecule has 0 spiro atoms. The van der Waals surface area contributed by atoms with Crippen LogP contribution in [0.25, 0.3) is 21.5 Å². The molecule has 1 aliphatic carbocycles. The average molecular weight is 541 g/mol. The minimum absolute atomic E-state index is 0.0634. The first-order valence-electron chi connectivity index (χ1n) is 11.6. The molecule has 7 heteroatoms. The van der Waals surface area contributed by atoms with Crippen molar-refractivity contribution in [2.24, 2.45) is 9.98 Å². The van der Waals surface area contributed by atoms with Gasteiger partial charge in [-0.15, -0.1) is 0 Å². The predicted molar refractivity (Wildman–Crippen MR) is 144 cm³/mol. The number of benzene rings is 4. The van der Waals surface area contributed by atoms with Crippen molar-refractivity contribution < 1.29 is 27.2 Å². The molecule has 0 radical (unpaired) electrons. The number of fused-ring (bicyclic) bond motifs is 2. The van der Waals surface area contributed by atoms with E-state index in [2.05, 4.69) is 0 Å². The van der Waals surface area contributed by atoms with Crippen molar-refractivity contribution in [1.82, 2.24) is 0 Å². The second-order valence-electron chi connectivity index (χ2n) is 8.50. The number of phenols is 2. The van der Waals surface area contributed by atoms with Gasteiger partial charge < -0.3 is 10.2 Å². The number of rotatable bonds is 4. The molecule has 0 heterocycles. The molecule has 1 fully saturated rings. The van der Waals surface area contributed by atoms with Crippen molar-refractivity contribution >= 4 is 52.6 Å². The van der Waals surface area contributed by atoms with Gasteiger partial charge >= 0.3 is 35.6 Å². The second-order valence-corrected chi connectivity index (χ2v) is 11.1. The van der Waals surface area contributed by atoms with Crippen molar-refractivity contribution in [3.63, 3.8) is 0 Å². The van der Waals surface area contributed by atoms with Crippen LogP contribution in [0, 0.1) is 0 Å². The van der Waals surface area contributed by atoms with Gasteiger partial charge in [-0.25, -0.2) is 0 Å². The molecule has 178 valence electrons. The van der Waals surface area contributed by atoms with Crippen molar-refractivity contribution in [3.05, 3.63) is 83.9 Å². The summed E-state index contributed by atoms with van der Waals surface area (Å²) >= 11 is -0.556. The monoisotopic (exact) mass is 540 g/mol. The van der Waals surface area contributed by atoms with Crippen LogP contribution in [0.15, 0.2) is 82.8 Å². The van der Waals surface area contributed by atoms with E-state index in [1.807, 2.05) is 72.8 Å². The van der Waals surface area contributed by atoms with Gasteiger partial charge in [-0.2, -0.15) is 0 Å². The summed E-state index contributed by atoms with van der Waals surface area (Å²) in [7, 11) is 9.78. The third-order valence-electron chi connectivity index (χ3n) is 6.37. The zero-order valence-corrected chi connectivity index (χ0v) is 22.2. The average Bonchev–Trinajstić information content (AvgIpc) is 2.89. The van der Waals surface area contributed by atoms with Crippen LogP contribution in [0.4, 0.5) is 0 Å². The predicted octanol–water partition coefficient (Wildman–Crippen LogP) is 7.63. The summed E-state index contributed by atoms with van der Waals surface area (Å²) in [5.74, 6) is 0.535. The third kappa shape index (κ3) is 6.26. The zero-order valence-electron chi connectivity index (χ0n) is 19.1. The number of aromatic hydroxyl groups is 2. The van der Waals surface area contributed by atoms with E-state index in [0.717, 1.165) is 58.4 Å². The van der Waals surface area contributed by atoms with Gasteiger partial charge in [0, 0.05) is 34.3 Å². The van der Waals surface area contributed by atoms with Gasteiger partial charge in [0.25, 0.3) is 0 Å². The van der Waals surface area contributed by atoms with E-state index in [1.165, 1.54) is 0 Å². The Morgan fingerprint density at radius 2 is 1.06 bits per heavy atom.